The quantitative estimate of drug-likeness (QED) is 0.741. The van der Waals surface area contributed by atoms with Gasteiger partial charge in [0.25, 0.3) is 0 Å². The van der Waals surface area contributed by atoms with E-state index in [9.17, 15) is 0 Å². The molecule has 0 radical (unpaired) electrons. The first-order valence-corrected chi connectivity index (χ1v) is 7.09. The van der Waals surface area contributed by atoms with Crippen molar-refractivity contribution in [3.63, 3.8) is 0 Å². The summed E-state index contributed by atoms with van der Waals surface area (Å²) in [6, 6.07) is 8.54. The molecular formula is C14H23BrN2. The molecule has 0 aliphatic rings. The number of nitrogens with one attached hydrogen (secondary N) is 1. The lowest BCUT2D eigenvalue weighted by Gasteiger charge is -2.16. The molecule has 0 heterocycles. The maximum absolute atomic E-state index is 3.51. The molecule has 0 aliphatic heterocycles. The van der Waals surface area contributed by atoms with Gasteiger partial charge in [-0.05, 0) is 57.7 Å². The Morgan fingerprint density at radius 2 is 2.06 bits per heavy atom. The number of nitrogens with zero attached hydrogens (tertiary/aromatic N) is 1. The molecule has 0 unspecified atom stereocenters. The highest BCUT2D eigenvalue weighted by Crippen LogP contribution is 2.13. The summed E-state index contributed by atoms with van der Waals surface area (Å²) in [7, 11) is 4.21. The van der Waals surface area contributed by atoms with E-state index in [-0.39, 0.29) is 0 Å². The van der Waals surface area contributed by atoms with E-state index in [4.69, 9.17) is 0 Å². The summed E-state index contributed by atoms with van der Waals surface area (Å²) in [5.41, 5.74) is 1.37. The highest BCUT2D eigenvalue weighted by Gasteiger charge is 2.00. The van der Waals surface area contributed by atoms with Gasteiger partial charge in [-0.25, -0.2) is 0 Å². The zero-order chi connectivity index (χ0) is 12.5. The van der Waals surface area contributed by atoms with Gasteiger partial charge in [0.2, 0.25) is 0 Å². The smallest absolute Gasteiger partial charge is 0.0231 e. The molecule has 0 aliphatic carbocycles. The van der Waals surface area contributed by atoms with Crippen molar-refractivity contribution in [2.45, 2.75) is 25.8 Å². The standard InChI is InChI=1S/C14H23BrN2/c1-16-9-4-3-5-10-17(2)12-13-7-6-8-14(15)11-13/h6-8,11,16H,3-5,9-10,12H2,1-2H3. The maximum Gasteiger partial charge on any atom is 0.0231 e. The van der Waals surface area contributed by atoms with Crippen molar-refractivity contribution in [2.24, 2.45) is 0 Å². The predicted octanol–water partition coefficient (Wildman–Crippen LogP) is 3.27. The molecule has 0 aromatic heterocycles. The SMILES string of the molecule is CNCCCCCN(C)Cc1cccc(Br)c1. The zero-order valence-electron chi connectivity index (χ0n) is 10.9. The van der Waals surface area contributed by atoms with E-state index in [0.29, 0.717) is 0 Å². The lowest BCUT2D eigenvalue weighted by molar-refractivity contribution is 0.317. The van der Waals surface area contributed by atoms with Gasteiger partial charge < -0.3 is 10.2 Å². The highest BCUT2D eigenvalue weighted by molar-refractivity contribution is 9.10. The predicted molar refractivity (Wildman–Crippen MR) is 78.3 cm³/mol. The van der Waals surface area contributed by atoms with E-state index in [2.05, 4.69) is 57.5 Å². The van der Waals surface area contributed by atoms with Crippen molar-refractivity contribution in [3.05, 3.63) is 34.3 Å². The topological polar surface area (TPSA) is 15.3 Å². The van der Waals surface area contributed by atoms with Crippen molar-refractivity contribution >= 4 is 15.9 Å². The van der Waals surface area contributed by atoms with E-state index in [1.807, 2.05) is 7.05 Å². The molecule has 17 heavy (non-hydrogen) atoms. The summed E-state index contributed by atoms with van der Waals surface area (Å²) >= 11 is 3.51. The summed E-state index contributed by atoms with van der Waals surface area (Å²) in [6.45, 7) is 3.34. The zero-order valence-corrected chi connectivity index (χ0v) is 12.5. The van der Waals surface area contributed by atoms with Gasteiger partial charge in [0.15, 0.2) is 0 Å². The second-order valence-electron chi connectivity index (χ2n) is 4.53. The molecule has 96 valence electrons. The Kier molecular flexibility index (Phi) is 7.49. The third-order valence-electron chi connectivity index (χ3n) is 2.81. The summed E-state index contributed by atoms with van der Waals surface area (Å²) in [6.07, 6.45) is 3.87. The van der Waals surface area contributed by atoms with Crippen LogP contribution in [0.5, 0.6) is 0 Å². The van der Waals surface area contributed by atoms with E-state index < -0.39 is 0 Å². The molecule has 0 saturated carbocycles. The number of hydrogen-bond donors (Lipinski definition) is 1. The molecule has 0 spiro atoms. The summed E-state index contributed by atoms with van der Waals surface area (Å²) in [5.74, 6) is 0. The molecule has 0 fully saturated rings. The second-order valence-corrected chi connectivity index (χ2v) is 5.45. The largest absolute Gasteiger partial charge is 0.320 e. The molecule has 0 atom stereocenters. The molecule has 0 amide bonds. The van der Waals surface area contributed by atoms with Gasteiger partial charge in [0, 0.05) is 11.0 Å². The van der Waals surface area contributed by atoms with Gasteiger partial charge in [-0.1, -0.05) is 34.5 Å². The molecular weight excluding hydrogens is 276 g/mol. The Morgan fingerprint density at radius 1 is 1.24 bits per heavy atom. The maximum atomic E-state index is 3.51. The van der Waals surface area contributed by atoms with Crippen LogP contribution in [0.3, 0.4) is 0 Å². The number of rotatable bonds is 8. The fourth-order valence-corrected chi connectivity index (χ4v) is 2.33. The summed E-state index contributed by atoms with van der Waals surface area (Å²) < 4.78 is 1.16. The first-order chi connectivity index (χ1) is 8.22. The lowest BCUT2D eigenvalue weighted by atomic mass is 10.2. The molecule has 1 aromatic carbocycles. The summed E-state index contributed by atoms with van der Waals surface area (Å²) in [4.78, 5) is 2.39. The van der Waals surface area contributed by atoms with Crippen LogP contribution in [0.25, 0.3) is 0 Å². The number of hydrogen-bond acceptors (Lipinski definition) is 2. The summed E-state index contributed by atoms with van der Waals surface area (Å²) in [5, 5.41) is 3.18. The minimum Gasteiger partial charge on any atom is -0.320 e. The van der Waals surface area contributed by atoms with Crippen LogP contribution >= 0.6 is 15.9 Å². The first-order valence-electron chi connectivity index (χ1n) is 6.30. The van der Waals surface area contributed by atoms with Gasteiger partial charge in [0.05, 0.1) is 0 Å². The molecule has 1 aromatic rings. The van der Waals surface area contributed by atoms with Gasteiger partial charge >= 0.3 is 0 Å². The van der Waals surface area contributed by atoms with E-state index in [0.717, 1.165) is 17.6 Å². The number of halogens is 1. The van der Waals surface area contributed by atoms with Crippen LogP contribution in [0, 0.1) is 0 Å². The average Bonchev–Trinajstić information content (AvgIpc) is 2.29. The monoisotopic (exact) mass is 298 g/mol. The van der Waals surface area contributed by atoms with Crippen molar-refractivity contribution in [2.75, 3.05) is 27.2 Å². The minimum absolute atomic E-state index is 1.03. The van der Waals surface area contributed by atoms with E-state index >= 15 is 0 Å². The number of unbranched alkanes of at least 4 members (excludes halogenated alkanes) is 2. The van der Waals surface area contributed by atoms with Gasteiger partial charge in [-0.15, -0.1) is 0 Å². The van der Waals surface area contributed by atoms with Crippen molar-refractivity contribution in [1.29, 1.82) is 0 Å². The van der Waals surface area contributed by atoms with Crippen LogP contribution in [0.1, 0.15) is 24.8 Å². The van der Waals surface area contributed by atoms with Crippen LogP contribution < -0.4 is 5.32 Å². The van der Waals surface area contributed by atoms with Crippen LogP contribution in [0.15, 0.2) is 28.7 Å². The Hall–Kier alpha value is -0.380. The van der Waals surface area contributed by atoms with Crippen LogP contribution in [-0.2, 0) is 6.54 Å². The van der Waals surface area contributed by atoms with Gasteiger partial charge in [0.1, 0.15) is 0 Å². The average molecular weight is 299 g/mol. The lowest BCUT2D eigenvalue weighted by Crippen LogP contribution is -2.19. The minimum atomic E-state index is 1.03. The van der Waals surface area contributed by atoms with Gasteiger partial charge in [-0.2, -0.15) is 0 Å². The first kappa shape index (κ1) is 14.7. The number of benzene rings is 1. The van der Waals surface area contributed by atoms with Crippen LogP contribution in [-0.4, -0.2) is 32.1 Å². The van der Waals surface area contributed by atoms with Gasteiger partial charge in [-0.3, -0.25) is 0 Å². The fraction of sp³-hybridized carbons (Fsp3) is 0.571. The normalized spacial score (nSPS) is 11.1. The van der Waals surface area contributed by atoms with Crippen molar-refractivity contribution in [3.8, 4) is 0 Å². The fourth-order valence-electron chi connectivity index (χ4n) is 1.89. The van der Waals surface area contributed by atoms with Crippen molar-refractivity contribution in [1.82, 2.24) is 10.2 Å². The van der Waals surface area contributed by atoms with E-state index in [1.54, 1.807) is 0 Å². The molecule has 3 heteroatoms. The second kappa shape index (κ2) is 8.67. The van der Waals surface area contributed by atoms with Crippen LogP contribution in [0.4, 0.5) is 0 Å². The molecule has 1 rings (SSSR count). The molecule has 1 N–H and O–H groups in total. The Bertz CT molecular complexity index is 315. The molecule has 0 saturated heterocycles. The van der Waals surface area contributed by atoms with E-state index in [1.165, 1.54) is 31.4 Å². The third-order valence-corrected chi connectivity index (χ3v) is 3.30. The Morgan fingerprint density at radius 3 is 2.76 bits per heavy atom. The highest BCUT2D eigenvalue weighted by atomic mass is 79.9. The molecule has 2 nitrogen and oxygen atoms in total. The Labute approximate surface area is 114 Å². The third kappa shape index (κ3) is 6.81. The Balaban J connectivity index is 2.18. The van der Waals surface area contributed by atoms with Crippen LogP contribution in [0.2, 0.25) is 0 Å². The molecule has 0 bridgehead atoms. The van der Waals surface area contributed by atoms with Crippen molar-refractivity contribution < 1.29 is 0 Å².